The monoisotopic (exact) mass is 472 g/mol. The maximum atomic E-state index is 12.4. The third kappa shape index (κ3) is 4.69. The summed E-state index contributed by atoms with van der Waals surface area (Å²) in [7, 11) is -7.75. The van der Waals surface area contributed by atoms with Crippen LogP contribution in [-0.2, 0) is 26.6 Å². The van der Waals surface area contributed by atoms with E-state index in [-0.39, 0.29) is 26.4 Å². The minimum atomic E-state index is -3.95. The topological polar surface area (TPSA) is 106 Å². The lowest BCUT2D eigenvalue weighted by Gasteiger charge is -2.11. The van der Waals surface area contributed by atoms with Crippen molar-refractivity contribution in [3.63, 3.8) is 0 Å². The van der Waals surface area contributed by atoms with Crippen LogP contribution in [0.1, 0.15) is 5.56 Å². The van der Waals surface area contributed by atoms with Crippen LogP contribution in [0.5, 0.6) is 0 Å². The average Bonchev–Trinajstić information content (AvgIpc) is 2.43. The third-order valence-electron chi connectivity index (χ3n) is 2.95. The van der Waals surface area contributed by atoms with Crippen molar-refractivity contribution in [3.8, 4) is 0 Å². The average molecular weight is 474 g/mol. The summed E-state index contributed by atoms with van der Waals surface area (Å²) >= 11 is 15.1. The second-order valence-corrected chi connectivity index (χ2v) is 9.71. The molecule has 2 rings (SSSR count). The van der Waals surface area contributed by atoms with Gasteiger partial charge < -0.3 is 0 Å². The molecule has 0 bridgehead atoms. The lowest BCUT2D eigenvalue weighted by Crippen LogP contribution is -2.24. The summed E-state index contributed by atoms with van der Waals surface area (Å²) in [4.78, 5) is -0.289. The molecule has 130 valence electrons. The highest BCUT2D eigenvalue weighted by Crippen LogP contribution is 2.32. The predicted octanol–water partition coefficient (Wildman–Crippen LogP) is 2.88. The van der Waals surface area contributed by atoms with E-state index in [1.165, 1.54) is 36.4 Å². The quantitative estimate of drug-likeness (QED) is 0.696. The first kappa shape index (κ1) is 19.6. The number of nitrogens with one attached hydrogen (secondary N) is 1. The van der Waals surface area contributed by atoms with Gasteiger partial charge in [0.1, 0.15) is 4.90 Å². The van der Waals surface area contributed by atoms with Gasteiger partial charge in [0, 0.05) is 11.0 Å². The van der Waals surface area contributed by atoms with Crippen molar-refractivity contribution in [2.45, 2.75) is 16.3 Å². The highest BCUT2D eigenvalue weighted by atomic mass is 79.9. The summed E-state index contributed by atoms with van der Waals surface area (Å²) in [6.45, 7) is -0.0735. The van der Waals surface area contributed by atoms with Crippen molar-refractivity contribution in [2.24, 2.45) is 5.14 Å². The molecule has 0 aromatic heterocycles. The first-order chi connectivity index (χ1) is 11.0. The Morgan fingerprint density at radius 2 is 1.50 bits per heavy atom. The molecular weight excluding hydrogens is 463 g/mol. The molecule has 6 nitrogen and oxygen atoms in total. The highest BCUT2D eigenvalue weighted by Gasteiger charge is 2.22. The molecule has 3 N–H and O–H groups in total. The first-order valence-corrected chi connectivity index (χ1v) is 10.8. The van der Waals surface area contributed by atoms with Gasteiger partial charge >= 0.3 is 0 Å². The van der Waals surface area contributed by atoms with Crippen molar-refractivity contribution in [2.75, 3.05) is 0 Å². The van der Waals surface area contributed by atoms with E-state index in [0.29, 0.717) is 10.0 Å². The van der Waals surface area contributed by atoms with E-state index in [2.05, 4.69) is 20.7 Å². The van der Waals surface area contributed by atoms with Crippen LogP contribution >= 0.6 is 39.1 Å². The predicted molar refractivity (Wildman–Crippen MR) is 96.0 cm³/mol. The van der Waals surface area contributed by atoms with Gasteiger partial charge in [0.25, 0.3) is 0 Å². The molecular formula is C13H11BrCl2N2O4S2. The summed E-state index contributed by atoms with van der Waals surface area (Å²) in [5, 5.41) is 4.96. The smallest absolute Gasteiger partial charge is 0.225 e. The van der Waals surface area contributed by atoms with Crippen LogP contribution in [0.15, 0.2) is 50.7 Å². The molecule has 0 fully saturated rings. The summed E-state index contributed by atoms with van der Waals surface area (Å²) in [5.41, 5.74) is 0.537. The van der Waals surface area contributed by atoms with Crippen LogP contribution < -0.4 is 9.86 Å². The fourth-order valence-electron chi connectivity index (χ4n) is 1.83. The molecule has 24 heavy (non-hydrogen) atoms. The van der Waals surface area contributed by atoms with Crippen LogP contribution in [0.25, 0.3) is 0 Å². The molecule has 11 heteroatoms. The zero-order valence-electron chi connectivity index (χ0n) is 11.8. The fourth-order valence-corrected chi connectivity index (χ4v) is 5.30. The standard InChI is InChI=1S/C13H11BrCl2N2O4S2/c14-9-5-11(15)13(12(16)6-9)24(21,22)18-7-8-1-3-10(4-2-8)23(17,19)20/h1-6,18H,7H2,(H2,17,19,20). The minimum absolute atomic E-state index is 0.0218. The van der Waals surface area contributed by atoms with E-state index in [4.69, 9.17) is 28.3 Å². The number of hydrogen-bond donors (Lipinski definition) is 2. The molecule has 0 saturated heterocycles. The second-order valence-electron chi connectivity index (χ2n) is 4.71. The van der Waals surface area contributed by atoms with E-state index in [0.717, 1.165) is 0 Å². The lowest BCUT2D eigenvalue weighted by atomic mass is 10.2. The largest absolute Gasteiger partial charge is 0.243 e. The number of primary sulfonamides is 1. The van der Waals surface area contributed by atoms with Gasteiger partial charge in [-0.1, -0.05) is 51.3 Å². The lowest BCUT2D eigenvalue weighted by molar-refractivity contribution is 0.581. The van der Waals surface area contributed by atoms with Crippen molar-refractivity contribution >= 4 is 59.2 Å². The van der Waals surface area contributed by atoms with Crippen LogP contribution in [-0.4, -0.2) is 16.8 Å². The summed E-state index contributed by atoms with van der Waals surface area (Å²) < 4.78 is 50.0. The van der Waals surface area contributed by atoms with Gasteiger partial charge in [-0.05, 0) is 29.8 Å². The second kappa shape index (κ2) is 7.28. The SMILES string of the molecule is NS(=O)(=O)c1ccc(CNS(=O)(=O)c2c(Cl)cc(Br)cc2Cl)cc1. The highest BCUT2D eigenvalue weighted by molar-refractivity contribution is 9.10. The number of sulfonamides is 2. The minimum Gasteiger partial charge on any atom is -0.225 e. The van der Waals surface area contributed by atoms with Crippen molar-refractivity contribution in [1.29, 1.82) is 0 Å². The molecule has 0 heterocycles. The van der Waals surface area contributed by atoms with Crippen LogP contribution in [0.3, 0.4) is 0 Å². The van der Waals surface area contributed by atoms with Crippen molar-refractivity contribution < 1.29 is 16.8 Å². The van der Waals surface area contributed by atoms with E-state index in [9.17, 15) is 16.8 Å². The van der Waals surface area contributed by atoms with Gasteiger partial charge in [-0.15, -0.1) is 0 Å². The molecule has 0 amide bonds. The number of rotatable bonds is 5. The maximum Gasteiger partial charge on any atom is 0.243 e. The van der Waals surface area contributed by atoms with Gasteiger partial charge in [0.05, 0.1) is 14.9 Å². The molecule has 0 saturated carbocycles. The number of halogens is 3. The number of hydrogen-bond acceptors (Lipinski definition) is 4. The van der Waals surface area contributed by atoms with Crippen molar-refractivity contribution in [1.82, 2.24) is 4.72 Å². The Morgan fingerprint density at radius 3 is 1.96 bits per heavy atom. The van der Waals surface area contributed by atoms with E-state index < -0.39 is 20.0 Å². The van der Waals surface area contributed by atoms with E-state index in [1.807, 2.05) is 0 Å². The molecule has 0 unspecified atom stereocenters. The Bertz CT molecular complexity index is 955. The van der Waals surface area contributed by atoms with Gasteiger partial charge in [0.15, 0.2) is 0 Å². The van der Waals surface area contributed by atoms with Crippen LogP contribution in [0, 0.1) is 0 Å². The van der Waals surface area contributed by atoms with Gasteiger partial charge in [-0.2, -0.15) is 0 Å². The maximum absolute atomic E-state index is 12.4. The van der Waals surface area contributed by atoms with E-state index >= 15 is 0 Å². The summed E-state index contributed by atoms with van der Waals surface area (Å²) in [6.07, 6.45) is 0. The third-order valence-corrected chi connectivity index (χ3v) is 6.66. The zero-order chi connectivity index (χ0) is 18.1. The Morgan fingerprint density at radius 1 is 1.00 bits per heavy atom. The molecule has 2 aromatic carbocycles. The fraction of sp³-hybridized carbons (Fsp3) is 0.0769. The molecule has 0 aliphatic carbocycles. The molecule has 0 aliphatic heterocycles. The Labute approximate surface area is 158 Å². The summed E-state index contributed by atoms with van der Waals surface area (Å²) in [5.74, 6) is 0. The van der Waals surface area contributed by atoms with Gasteiger partial charge in [-0.3, -0.25) is 0 Å². The Hall–Kier alpha value is -0.680. The molecule has 0 radical (unpaired) electrons. The number of benzene rings is 2. The van der Waals surface area contributed by atoms with Crippen molar-refractivity contribution in [3.05, 3.63) is 56.5 Å². The Balaban J connectivity index is 2.22. The van der Waals surface area contributed by atoms with Crippen LogP contribution in [0.2, 0.25) is 10.0 Å². The summed E-state index contributed by atoms with van der Waals surface area (Å²) in [6, 6.07) is 8.32. The molecule has 0 aliphatic rings. The normalized spacial score (nSPS) is 12.3. The first-order valence-electron chi connectivity index (χ1n) is 6.26. The molecule has 0 atom stereocenters. The zero-order valence-corrected chi connectivity index (χ0v) is 16.6. The molecule has 2 aromatic rings. The van der Waals surface area contributed by atoms with Gasteiger partial charge in [-0.25, -0.2) is 26.7 Å². The van der Waals surface area contributed by atoms with Crippen LogP contribution in [0.4, 0.5) is 0 Å². The number of nitrogens with two attached hydrogens (primary N) is 1. The van der Waals surface area contributed by atoms with Gasteiger partial charge in [0.2, 0.25) is 20.0 Å². The molecule has 0 spiro atoms. The van der Waals surface area contributed by atoms with E-state index in [1.54, 1.807) is 0 Å². The Kier molecular flexibility index (Phi) is 5.96.